The van der Waals surface area contributed by atoms with E-state index in [1.54, 1.807) is 4.31 Å². The molecule has 96 valence electrons. The summed E-state index contributed by atoms with van der Waals surface area (Å²) in [7, 11) is -3.26. The first-order valence-corrected chi connectivity index (χ1v) is 7.50. The van der Waals surface area contributed by atoms with Crippen LogP contribution in [0.3, 0.4) is 0 Å². The average Bonchev–Trinajstić information content (AvgIpc) is 2.13. The standard InChI is InChI=1S/C11H24N2O2S/c1-9(2)6-12-16(14,15)13-7-10(3)5-11(4)8-13/h9-12H,5-8H2,1-4H3. The zero-order valence-corrected chi connectivity index (χ0v) is 11.5. The van der Waals surface area contributed by atoms with Gasteiger partial charge in [-0.2, -0.15) is 12.7 Å². The van der Waals surface area contributed by atoms with Gasteiger partial charge in [0.1, 0.15) is 0 Å². The maximum atomic E-state index is 12.0. The molecule has 2 atom stereocenters. The van der Waals surface area contributed by atoms with Gasteiger partial charge in [-0.1, -0.05) is 27.7 Å². The van der Waals surface area contributed by atoms with Crippen LogP contribution in [0.4, 0.5) is 0 Å². The van der Waals surface area contributed by atoms with Crippen molar-refractivity contribution in [2.75, 3.05) is 19.6 Å². The molecule has 1 rings (SSSR count). The molecular weight excluding hydrogens is 224 g/mol. The molecule has 0 saturated carbocycles. The minimum Gasteiger partial charge on any atom is -0.202 e. The SMILES string of the molecule is CC(C)CNS(=O)(=O)N1CC(C)CC(C)C1. The highest BCUT2D eigenvalue weighted by Crippen LogP contribution is 2.22. The summed E-state index contributed by atoms with van der Waals surface area (Å²) in [4.78, 5) is 0. The lowest BCUT2D eigenvalue weighted by Gasteiger charge is -2.34. The molecule has 0 spiro atoms. The van der Waals surface area contributed by atoms with E-state index < -0.39 is 10.2 Å². The van der Waals surface area contributed by atoms with Crippen LogP contribution in [0.25, 0.3) is 0 Å². The number of rotatable bonds is 4. The Bertz CT molecular complexity index is 304. The van der Waals surface area contributed by atoms with E-state index in [2.05, 4.69) is 18.6 Å². The van der Waals surface area contributed by atoms with E-state index in [9.17, 15) is 8.42 Å². The van der Waals surface area contributed by atoms with Crippen molar-refractivity contribution in [1.29, 1.82) is 0 Å². The van der Waals surface area contributed by atoms with Crippen LogP contribution in [-0.4, -0.2) is 32.4 Å². The summed E-state index contributed by atoms with van der Waals surface area (Å²) >= 11 is 0. The predicted octanol–water partition coefficient (Wildman–Crippen LogP) is 1.45. The predicted molar refractivity (Wildman–Crippen MR) is 66.3 cm³/mol. The first-order chi connectivity index (χ1) is 7.31. The zero-order valence-electron chi connectivity index (χ0n) is 10.7. The zero-order chi connectivity index (χ0) is 12.3. The van der Waals surface area contributed by atoms with Crippen LogP contribution in [-0.2, 0) is 10.2 Å². The van der Waals surface area contributed by atoms with Crippen LogP contribution in [0.1, 0.15) is 34.1 Å². The third-order valence-electron chi connectivity index (χ3n) is 2.85. The molecule has 1 aliphatic rings. The molecule has 0 aromatic heterocycles. The van der Waals surface area contributed by atoms with Gasteiger partial charge < -0.3 is 0 Å². The minimum absolute atomic E-state index is 0.342. The van der Waals surface area contributed by atoms with Gasteiger partial charge in [0.05, 0.1) is 0 Å². The van der Waals surface area contributed by atoms with Gasteiger partial charge in [-0.25, -0.2) is 4.72 Å². The number of hydrogen-bond acceptors (Lipinski definition) is 2. The van der Waals surface area contributed by atoms with E-state index in [0.717, 1.165) is 6.42 Å². The van der Waals surface area contributed by atoms with E-state index in [1.165, 1.54) is 0 Å². The summed E-state index contributed by atoms with van der Waals surface area (Å²) < 4.78 is 28.3. The van der Waals surface area contributed by atoms with Crippen LogP contribution in [0.2, 0.25) is 0 Å². The molecule has 1 aliphatic heterocycles. The summed E-state index contributed by atoms with van der Waals surface area (Å²) in [6, 6.07) is 0. The van der Waals surface area contributed by atoms with E-state index in [4.69, 9.17) is 0 Å². The van der Waals surface area contributed by atoms with Crippen molar-refractivity contribution in [3.8, 4) is 0 Å². The van der Waals surface area contributed by atoms with Crippen LogP contribution < -0.4 is 4.72 Å². The molecule has 1 heterocycles. The largest absolute Gasteiger partial charge is 0.279 e. The second-order valence-corrected chi connectivity index (χ2v) is 7.27. The normalized spacial score (nSPS) is 28.6. The lowest BCUT2D eigenvalue weighted by molar-refractivity contribution is 0.220. The second-order valence-electron chi connectivity index (χ2n) is 5.51. The number of hydrogen-bond donors (Lipinski definition) is 1. The van der Waals surface area contributed by atoms with E-state index in [-0.39, 0.29) is 0 Å². The van der Waals surface area contributed by atoms with Gasteiger partial charge in [-0.3, -0.25) is 0 Å². The van der Waals surface area contributed by atoms with E-state index >= 15 is 0 Å². The number of piperidine rings is 1. The Balaban J connectivity index is 2.60. The topological polar surface area (TPSA) is 49.4 Å². The van der Waals surface area contributed by atoms with Crippen LogP contribution in [0, 0.1) is 17.8 Å². The van der Waals surface area contributed by atoms with Crippen molar-refractivity contribution in [1.82, 2.24) is 9.03 Å². The highest BCUT2D eigenvalue weighted by atomic mass is 32.2. The Morgan fingerprint density at radius 3 is 2.19 bits per heavy atom. The Morgan fingerprint density at radius 2 is 1.75 bits per heavy atom. The fourth-order valence-corrected chi connectivity index (χ4v) is 3.79. The van der Waals surface area contributed by atoms with Gasteiger partial charge >= 0.3 is 0 Å². The molecule has 0 bridgehead atoms. The van der Waals surface area contributed by atoms with Crippen molar-refractivity contribution in [2.45, 2.75) is 34.1 Å². The fourth-order valence-electron chi connectivity index (χ4n) is 2.17. The second kappa shape index (κ2) is 5.47. The molecule has 0 radical (unpaired) electrons. The Hall–Kier alpha value is -0.130. The molecule has 0 aliphatic carbocycles. The number of nitrogens with zero attached hydrogens (tertiary/aromatic N) is 1. The van der Waals surface area contributed by atoms with Gasteiger partial charge in [0, 0.05) is 19.6 Å². The molecule has 16 heavy (non-hydrogen) atoms. The van der Waals surface area contributed by atoms with Crippen LogP contribution in [0.15, 0.2) is 0 Å². The Labute approximate surface area is 99.6 Å². The van der Waals surface area contributed by atoms with Crippen LogP contribution in [0.5, 0.6) is 0 Å². The molecule has 2 unspecified atom stereocenters. The van der Waals surface area contributed by atoms with E-state index in [0.29, 0.717) is 37.4 Å². The lowest BCUT2D eigenvalue weighted by Crippen LogP contribution is -2.48. The molecular formula is C11H24N2O2S. The first kappa shape index (κ1) is 13.9. The maximum Gasteiger partial charge on any atom is 0.279 e. The number of nitrogens with one attached hydrogen (secondary N) is 1. The van der Waals surface area contributed by atoms with Gasteiger partial charge in [0.25, 0.3) is 10.2 Å². The maximum absolute atomic E-state index is 12.0. The summed E-state index contributed by atoms with van der Waals surface area (Å²) in [5.74, 6) is 1.26. The molecule has 1 saturated heterocycles. The highest BCUT2D eigenvalue weighted by molar-refractivity contribution is 7.87. The van der Waals surface area contributed by atoms with Crippen LogP contribution >= 0.6 is 0 Å². The Kier molecular flexibility index (Phi) is 4.76. The van der Waals surface area contributed by atoms with Crippen molar-refractivity contribution in [3.63, 3.8) is 0 Å². The smallest absolute Gasteiger partial charge is 0.202 e. The van der Waals surface area contributed by atoms with Crippen molar-refractivity contribution in [2.24, 2.45) is 17.8 Å². The third kappa shape index (κ3) is 4.03. The highest BCUT2D eigenvalue weighted by Gasteiger charge is 2.30. The van der Waals surface area contributed by atoms with Gasteiger partial charge in [-0.15, -0.1) is 0 Å². The molecule has 0 aromatic carbocycles. The first-order valence-electron chi connectivity index (χ1n) is 6.06. The van der Waals surface area contributed by atoms with Crippen molar-refractivity contribution < 1.29 is 8.42 Å². The summed E-state index contributed by atoms with van der Waals surface area (Å²) in [5, 5.41) is 0. The van der Waals surface area contributed by atoms with Gasteiger partial charge in [-0.05, 0) is 24.2 Å². The average molecular weight is 248 g/mol. The van der Waals surface area contributed by atoms with Gasteiger partial charge in [0.15, 0.2) is 0 Å². The summed E-state index contributed by atoms with van der Waals surface area (Å²) in [6.07, 6.45) is 1.12. The minimum atomic E-state index is -3.26. The fraction of sp³-hybridized carbons (Fsp3) is 1.00. The molecule has 0 amide bonds. The lowest BCUT2D eigenvalue weighted by atomic mass is 9.94. The third-order valence-corrected chi connectivity index (χ3v) is 4.36. The summed E-state index contributed by atoms with van der Waals surface area (Å²) in [5.41, 5.74) is 0. The van der Waals surface area contributed by atoms with E-state index in [1.807, 2.05) is 13.8 Å². The molecule has 1 fully saturated rings. The van der Waals surface area contributed by atoms with Gasteiger partial charge in [0.2, 0.25) is 0 Å². The molecule has 0 aromatic rings. The monoisotopic (exact) mass is 248 g/mol. The molecule has 1 N–H and O–H groups in total. The molecule has 4 nitrogen and oxygen atoms in total. The Morgan fingerprint density at radius 1 is 1.25 bits per heavy atom. The van der Waals surface area contributed by atoms with Crippen molar-refractivity contribution in [3.05, 3.63) is 0 Å². The van der Waals surface area contributed by atoms with Crippen molar-refractivity contribution >= 4 is 10.2 Å². The summed E-state index contributed by atoms with van der Waals surface area (Å²) in [6.45, 7) is 10.0. The molecule has 5 heteroatoms. The quantitative estimate of drug-likeness (QED) is 0.819.